The standard InChI is InChI=1S/C8H8O2S.C7H5BrO2S/c1-6-4-11-5-7(6)2-3-8(9)10;8-7-5(3-4-11-7)1-2-6(9)10/h2-5H,1H3,(H,9,10);1-4H,(H,9,10). The van der Waals surface area contributed by atoms with Crippen LogP contribution in [0.15, 0.2) is 38.1 Å². The minimum Gasteiger partial charge on any atom is -0.478 e. The molecule has 0 aromatic carbocycles. The largest absolute Gasteiger partial charge is 0.478 e. The van der Waals surface area contributed by atoms with Crippen LogP contribution in [0.4, 0.5) is 0 Å². The lowest BCUT2D eigenvalue weighted by Gasteiger charge is -1.86. The summed E-state index contributed by atoms with van der Waals surface area (Å²) in [6, 6.07) is 1.86. The molecule has 0 atom stereocenters. The van der Waals surface area contributed by atoms with Gasteiger partial charge >= 0.3 is 11.9 Å². The summed E-state index contributed by atoms with van der Waals surface area (Å²) in [5, 5.41) is 22.4. The van der Waals surface area contributed by atoms with Gasteiger partial charge < -0.3 is 10.2 Å². The Labute approximate surface area is 144 Å². The molecule has 0 aliphatic carbocycles. The first kappa shape index (κ1) is 18.3. The van der Waals surface area contributed by atoms with Crippen LogP contribution < -0.4 is 0 Å². The summed E-state index contributed by atoms with van der Waals surface area (Å²) < 4.78 is 0.954. The van der Waals surface area contributed by atoms with Crippen molar-refractivity contribution >= 4 is 62.7 Å². The number of hydrogen-bond acceptors (Lipinski definition) is 4. The highest BCUT2D eigenvalue weighted by Crippen LogP contribution is 2.24. The second-order valence-corrected chi connectivity index (χ2v) is 6.98. The zero-order valence-electron chi connectivity index (χ0n) is 11.5. The van der Waals surface area contributed by atoms with E-state index in [9.17, 15) is 9.59 Å². The monoisotopic (exact) mass is 400 g/mol. The topological polar surface area (TPSA) is 74.6 Å². The molecular weight excluding hydrogens is 388 g/mol. The summed E-state index contributed by atoms with van der Waals surface area (Å²) in [6.45, 7) is 1.96. The Bertz CT molecular complexity index is 638. The molecule has 0 aliphatic rings. The molecule has 0 saturated carbocycles. The van der Waals surface area contributed by atoms with E-state index in [1.54, 1.807) is 23.5 Å². The van der Waals surface area contributed by atoms with Crippen LogP contribution in [-0.4, -0.2) is 22.2 Å². The number of thiophene rings is 2. The van der Waals surface area contributed by atoms with Crippen LogP contribution in [0, 0.1) is 6.92 Å². The minimum atomic E-state index is -0.928. The van der Waals surface area contributed by atoms with Crippen LogP contribution in [0.2, 0.25) is 0 Å². The van der Waals surface area contributed by atoms with Crippen LogP contribution in [0.25, 0.3) is 12.2 Å². The normalized spacial score (nSPS) is 10.6. The highest BCUT2D eigenvalue weighted by molar-refractivity contribution is 9.11. The molecule has 0 spiro atoms. The van der Waals surface area contributed by atoms with Crippen molar-refractivity contribution in [1.29, 1.82) is 0 Å². The Morgan fingerprint density at radius 1 is 1.09 bits per heavy atom. The van der Waals surface area contributed by atoms with Gasteiger partial charge in [0.25, 0.3) is 0 Å². The van der Waals surface area contributed by atoms with E-state index >= 15 is 0 Å². The molecule has 2 rings (SSSR count). The summed E-state index contributed by atoms with van der Waals surface area (Å²) in [6.07, 6.45) is 5.43. The van der Waals surface area contributed by atoms with Gasteiger partial charge in [-0.25, -0.2) is 9.59 Å². The third kappa shape index (κ3) is 6.84. The molecule has 0 radical (unpaired) electrons. The lowest BCUT2D eigenvalue weighted by Crippen LogP contribution is -1.85. The van der Waals surface area contributed by atoms with Crippen LogP contribution in [0.1, 0.15) is 16.7 Å². The number of carbonyl (C=O) groups is 2. The van der Waals surface area contributed by atoms with Gasteiger partial charge in [0.2, 0.25) is 0 Å². The molecule has 0 unspecified atom stereocenters. The molecule has 116 valence electrons. The minimum absolute atomic E-state index is 0.900. The van der Waals surface area contributed by atoms with Gasteiger partial charge in [0.05, 0.1) is 3.79 Å². The summed E-state index contributed by atoms with van der Waals surface area (Å²) >= 11 is 6.39. The van der Waals surface area contributed by atoms with Crippen molar-refractivity contribution < 1.29 is 19.8 Å². The maximum Gasteiger partial charge on any atom is 0.328 e. The summed E-state index contributed by atoms with van der Waals surface area (Å²) in [4.78, 5) is 20.2. The maximum absolute atomic E-state index is 10.1. The van der Waals surface area contributed by atoms with Crippen LogP contribution >= 0.6 is 38.6 Å². The van der Waals surface area contributed by atoms with Crippen molar-refractivity contribution in [3.63, 3.8) is 0 Å². The lowest BCUT2D eigenvalue weighted by atomic mass is 10.2. The fourth-order valence-electron chi connectivity index (χ4n) is 1.28. The van der Waals surface area contributed by atoms with Crippen LogP contribution in [0.3, 0.4) is 0 Å². The third-order valence-corrected chi connectivity index (χ3v) is 4.97. The number of aliphatic carboxylic acids is 2. The van der Waals surface area contributed by atoms with Crippen molar-refractivity contribution in [2.24, 2.45) is 0 Å². The summed E-state index contributed by atoms with van der Waals surface area (Å²) in [5.74, 6) is -1.83. The summed E-state index contributed by atoms with van der Waals surface area (Å²) in [5.41, 5.74) is 3.00. The van der Waals surface area contributed by atoms with Gasteiger partial charge in [0, 0.05) is 12.2 Å². The van der Waals surface area contributed by atoms with Crippen molar-refractivity contribution in [3.8, 4) is 0 Å². The van der Waals surface area contributed by atoms with Gasteiger partial charge in [-0.1, -0.05) is 0 Å². The Balaban J connectivity index is 0.000000220. The van der Waals surface area contributed by atoms with Crippen LogP contribution in [-0.2, 0) is 9.59 Å². The molecule has 7 heteroatoms. The fourth-order valence-corrected chi connectivity index (χ4v) is 3.30. The Hall–Kier alpha value is -1.70. The van der Waals surface area contributed by atoms with E-state index in [0.717, 1.165) is 32.6 Å². The van der Waals surface area contributed by atoms with E-state index in [2.05, 4.69) is 15.9 Å². The van der Waals surface area contributed by atoms with Crippen LogP contribution in [0.5, 0.6) is 0 Å². The maximum atomic E-state index is 10.1. The molecular formula is C15H13BrO4S2. The molecule has 0 saturated heterocycles. The molecule has 2 aromatic rings. The van der Waals surface area contributed by atoms with Crippen molar-refractivity contribution in [1.82, 2.24) is 0 Å². The molecule has 2 N–H and O–H groups in total. The van der Waals surface area contributed by atoms with Gasteiger partial charge in [0.1, 0.15) is 0 Å². The number of aryl methyl sites for hydroxylation is 1. The Morgan fingerprint density at radius 3 is 2.09 bits per heavy atom. The number of carboxylic acid groups (broad SMARTS) is 2. The zero-order chi connectivity index (χ0) is 16.5. The van der Waals surface area contributed by atoms with E-state index in [1.165, 1.54) is 11.3 Å². The van der Waals surface area contributed by atoms with Crippen molar-refractivity contribution in [2.45, 2.75) is 6.92 Å². The number of hydrogen-bond donors (Lipinski definition) is 2. The second kappa shape index (κ2) is 9.34. The quantitative estimate of drug-likeness (QED) is 0.725. The summed E-state index contributed by atoms with van der Waals surface area (Å²) in [7, 11) is 0. The first-order valence-corrected chi connectivity index (χ1v) is 8.59. The van der Waals surface area contributed by atoms with Gasteiger partial charge in [-0.3, -0.25) is 0 Å². The SMILES string of the molecule is Cc1cscc1C=CC(=O)O.O=C(O)C=Cc1ccsc1Br. The highest BCUT2D eigenvalue weighted by atomic mass is 79.9. The van der Waals surface area contributed by atoms with E-state index in [-0.39, 0.29) is 0 Å². The molecule has 2 aromatic heterocycles. The number of rotatable bonds is 4. The second-order valence-electron chi connectivity index (χ2n) is 4.00. The predicted octanol–water partition coefficient (Wildman–Crippen LogP) is 4.76. The first-order valence-electron chi connectivity index (χ1n) is 5.98. The predicted molar refractivity (Wildman–Crippen MR) is 94.4 cm³/mol. The van der Waals surface area contributed by atoms with E-state index in [4.69, 9.17) is 10.2 Å². The average Bonchev–Trinajstić information content (AvgIpc) is 3.03. The van der Waals surface area contributed by atoms with Gasteiger partial charge in [-0.2, -0.15) is 11.3 Å². The highest BCUT2D eigenvalue weighted by Gasteiger charge is 1.96. The molecule has 0 bridgehead atoms. The molecule has 0 fully saturated rings. The van der Waals surface area contributed by atoms with Gasteiger partial charge in [-0.05, 0) is 73.9 Å². The van der Waals surface area contributed by atoms with E-state index < -0.39 is 11.9 Å². The zero-order valence-corrected chi connectivity index (χ0v) is 14.7. The first-order chi connectivity index (χ1) is 10.4. The Morgan fingerprint density at radius 2 is 1.68 bits per heavy atom. The average molecular weight is 401 g/mol. The third-order valence-electron chi connectivity index (χ3n) is 2.35. The molecule has 4 nitrogen and oxygen atoms in total. The molecule has 0 aliphatic heterocycles. The lowest BCUT2D eigenvalue weighted by molar-refractivity contribution is -0.132. The van der Waals surface area contributed by atoms with Gasteiger partial charge in [0.15, 0.2) is 0 Å². The molecule has 22 heavy (non-hydrogen) atoms. The smallest absolute Gasteiger partial charge is 0.328 e. The molecule has 2 heterocycles. The molecule has 0 amide bonds. The van der Waals surface area contributed by atoms with E-state index in [0.29, 0.717) is 0 Å². The number of carboxylic acids is 2. The number of halogens is 1. The van der Waals surface area contributed by atoms with E-state index in [1.807, 2.05) is 29.1 Å². The fraction of sp³-hybridized carbons (Fsp3) is 0.0667. The Kier molecular flexibility index (Phi) is 7.79. The van der Waals surface area contributed by atoms with Gasteiger partial charge in [-0.15, -0.1) is 11.3 Å². The van der Waals surface area contributed by atoms with Crippen molar-refractivity contribution in [2.75, 3.05) is 0 Å². The van der Waals surface area contributed by atoms with Crippen molar-refractivity contribution in [3.05, 3.63) is 54.8 Å².